The van der Waals surface area contributed by atoms with Gasteiger partial charge >= 0.3 is 0 Å². The van der Waals surface area contributed by atoms with Crippen molar-refractivity contribution in [3.63, 3.8) is 0 Å². The first-order chi connectivity index (χ1) is 14.1. The van der Waals surface area contributed by atoms with Gasteiger partial charge in [-0.3, -0.25) is 19.4 Å². The fourth-order valence-corrected chi connectivity index (χ4v) is 4.03. The Hall–Kier alpha value is -1.96. The molecule has 0 bridgehead atoms. The number of piperazine rings is 1. The van der Waals surface area contributed by atoms with E-state index >= 15 is 0 Å². The number of piperidine rings is 1. The molecule has 2 aliphatic heterocycles. The minimum atomic E-state index is 0.0541. The summed E-state index contributed by atoms with van der Waals surface area (Å²) in [7, 11) is 0. The van der Waals surface area contributed by atoms with Crippen molar-refractivity contribution in [1.29, 1.82) is 0 Å². The zero-order valence-electron chi connectivity index (χ0n) is 17.6. The molecule has 2 N–H and O–H groups in total. The maximum Gasteiger partial charge on any atom is 0.234 e. The molecule has 29 heavy (non-hydrogen) atoms. The molecule has 1 aromatic rings. The van der Waals surface area contributed by atoms with Gasteiger partial charge in [-0.25, -0.2) is 0 Å². The first-order valence-corrected chi connectivity index (χ1v) is 10.9. The highest BCUT2D eigenvalue weighted by Gasteiger charge is 2.23. The second kappa shape index (κ2) is 11.3. The van der Waals surface area contributed by atoms with Crippen LogP contribution >= 0.6 is 0 Å². The van der Waals surface area contributed by atoms with Gasteiger partial charge in [0.15, 0.2) is 0 Å². The van der Waals surface area contributed by atoms with E-state index in [9.17, 15) is 9.59 Å². The van der Waals surface area contributed by atoms with Crippen LogP contribution in [0.4, 0.5) is 0 Å². The molecule has 2 amide bonds. The van der Waals surface area contributed by atoms with Crippen molar-refractivity contribution in [2.75, 3.05) is 58.9 Å². The van der Waals surface area contributed by atoms with Crippen LogP contribution in [0.25, 0.3) is 0 Å². The SMILES string of the molecule is CCN1CCC(NC(=O)CN2CCN(CC(=O)NCc3ccccc3)CC2)CC1. The van der Waals surface area contributed by atoms with Crippen molar-refractivity contribution >= 4 is 11.8 Å². The van der Waals surface area contributed by atoms with E-state index in [1.807, 2.05) is 30.3 Å². The van der Waals surface area contributed by atoms with Crippen LogP contribution in [0.1, 0.15) is 25.3 Å². The van der Waals surface area contributed by atoms with Crippen molar-refractivity contribution in [2.45, 2.75) is 32.4 Å². The Balaban J connectivity index is 1.29. The number of hydrogen-bond donors (Lipinski definition) is 2. The predicted octanol–water partition coefficient (Wildman–Crippen LogP) is 0.521. The van der Waals surface area contributed by atoms with Crippen LogP contribution in [0.15, 0.2) is 30.3 Å². The Morgan fingerprint density at radius 3 is 2.03 bits per heavy atom. The zero-order chi connectivity index (χ0) is 20.5. The average Bonchev–Trinajstić information content (AvgIpc) is 2.75. The Labute approximate surface area is 174 Å². The van der Waals surface area contributed by atoms with Crippen LogP contribution in [-0.2, 0) is 16.1 Å². The lowest BCUT2D eigenvalue weighted by molar-refractivity contribution is -0.125. The standard InChI is InChI=1S/C22H35N5O2/c1-2-25-10-8-20(9-11-25)24-22(29)18-27-14-12-26(13-15-27)17-21(28)23-16-19-6-4-3-5-7-19/h3-7,20H,2,8-18H2,1H3,(H,23,28)(H,24,29). The van der Waals surface area contributed by atoms with E-state index in [0.717, 1.165) is 64.2 Å². The van der Waals surface area contributed by atoms with Crippen LogP contribution in [-0.4, -0.2) is 91.5 Å². The summed E-state index contributed by atoms with van der Waals surface area (Å²) in [5, 5.41) is 6.18. The third-order valence-corrected chi connectivity index (χ3v) is 5.93. The third kappa shape index (κ3) is 7.42. The van der Waals surface area contributed by atoms with E-state index in [-0.39, 0.29) is 11.8 Å². The predicted molar refractivity (Wildman–Crippen MR) is 114 cm³/mol. The normalized spacial score (nSPS) is 19.8. The van der Waals surface area contributed by atoms with Gasteiger partial charge in [0.1, 0.15) is 0 Å². The van der Waals surface area contributed by atoms with Crippen molar-refractivity contribution < 1.29 is 9.59 Å². The Bertz CT molecular complexity index is 638. The molecule has 0 aromatic heterocycles. The van der Waals surface area contributed by atoms with E-state index < -0.39 is 0 Å². The minimum Gasteiger partial charge on any atom is -0.352 e. The Morgan fingerprint density at radius 2 is 1.45 bits per heavy atom. The summed E-state index contributed by atoms with van der Waals surface area (Å²) in [4.78, 5) is 31.3. The van der Waals surface area contributed by atoms with Gasteiger partial charge in [0.2, 0.25) is 11.8 Å². The lowest BCUT2D eigenvalue weighted by Crippen LogP contribution is -2.53. The summed E-state index contributed by atoms with van der Waals surface area (Å²) in [6.07, 6.45) is 2.09. The molecule has 7 nitrogen and oxygen atoms in total. The number of amides is 2. The molecule has 0 atom stereocenters. The highest BCUT2D eigenvalue weighted by Crippen LogP contribution is 2.10. The van der Waals surface area contributed by atoms with Crippen LogP contribution in [0.5, 0.6) is 0 Å². The number of likely N-dealkylation sites (tertiary alicyclic amines) is 1. The van der Waals surface area contributed by atoms with E-state index in [0.29, 0.717) is 25.7 Å². The summed E-state index contributed by atoms with van der Waals surface area (Å²) < 4.78 is 0. The van der Waals surface area contributed by atoms with E-state index in [4.69, 9.17) is 0 Å². The minimum absolute atomic E-state index is 0.0541. The van der Waals surface area contributed by atoms with Gasteiger partial charge in [0, 0.05) is 51.9 Å². The summed E-state index contributed by atoms with van der Waals surface area (Å²) in [6.45, 7) is 10.2. The Kier molecular flexibility index (Phi) is 8.46. The molecule has 160 valence electrons. The maximum absolute atomic E-state index is 12.4. The molecule has 2 heterocycles. The van der Waals surface area contributed by atoms with Crippen LogP contribution in [0, 0.1) is 0 Å². The maximum atomic E-state index is 12.4. The molecular formula is C22H35N5O2. The van der Waals surface area contributed by atoms with Crippen LogP contribution in [0.2, 0.25) is 0 Å². The number of carbonyl (C=O) groups is 2. The smallest absolute Gasteiger partial charge is 0.234 e. The second-order valence-corrected chi connectivity index (χ2v) is 8.09. The molecule has 2 aliphatic rings. The van der Waals surface area contributed by atoms with Crippen molar-refractivity contribution in [1.82, 2.24) is 25.3 Å². The first kappa shape index (κ1) is 21.7. The third-order valence-electron chi connectivity index (χ3n) is 5.93. The number of nitrogens with one attached hydrogen (secondary N) is 2. The molecule has 0 unspecified atom stereocenters. The van der Waals surface area contributed by atoms with Crippen LogP contribution in [0.3, 0.4) is 0 Å². The van der Waals surface area contributed by atoms with Crippen molar-refractivity contribution in [3.05, 3.63) is 35.9 Å². The molecule has 3 rings (SSSR count). The van der Waals surface area contributed by atoms with Crippen molar-refractivity contribution in [3.8, 4) is 0 Å². The van der Waals surface area contributed by atoms with Gasteiger partial charge in [-0.15, -0.1) is 0 Å². The van der Waals surface area contributed by atoms with Gasteiger partial charge in [-0.2, -0.15) is 0 Å². The van der Waals surface area contributed by atoms with E-state index in [1.54, 1.807) is 0 Å². The Morgan fingerprint density at radius 1 is 0.862 bits per heavy atom. The summed E-state index contributed by atoms with van der Waals surface area (Å²) in [5.74, 6) is 0.187. The molecule has 0 spiro atoms. The second-order valence-electron chi connectivity index (χ2n) is 8.09. The molecule has 0 aliphatic carbocycles. The number of nitrogens with zero attached hydrogens (tertiary/aromatic N) is 3. The number of benzene rings is 1. The molecule has 2 fully saturated rings. The molecule has 0 saturated carbocycles. The fraction of sp³-hybridized carbons (Fsp3) is 0.636. The largest absolute Gasteiger partial charge is 0.352 e. The molecular weight excluding hydrogens is 366 g/mol. The van der Waals surface area contributed by atoms with Gasteiger partial charge in [-0.05, 0) is 24.9 Å². The van der Waals surface area contributed by atoms with E-state index in [1.165, 1.54) is 0 Å². The number of rotatable bonds is 8. The van der Waals surface area contributed by atoms with Gasteiger partial charge in [-0.1, -0.05) is 37.3 Å². The zero-order valence-corrected chi connectivity index (χ0v) is 17.6. The molecule has 7 heteroatoms. The average molecular weight is 402 g/mol. The van der Waals surface area contributed by atoms with Gasteiger partial charge in [0.25, 0.3) is 0 Å². The number of hydrogen-bond acceptors (Lipinski definition) is 5. The highest BCUT2D eigenvalue weighted by molar-refractivity contribution is 5.78. The van der Waals surface area contributed by atoms with Gasteiger partial charge in [0.05, 0.1) is 13.1 Å². The molecule has 0 radical (unpaired) electrons. The highest BCUT2D eigenvalue weighted by atomic mass is 16.2. The first-order valence-electron chi connectivity index (χ1n) is 10.9. The lowest BCUT2D eigenvalue weighted by atomic mass is 10.1. The molecule has 2 saturated heterocycles. The topological polar surface area (TPSA) is 67.9 Å². The lowest BCUT2D eigenvalue weighted by Gasteiger charge is -2.35. The molecule has 1 aromatic carbocycles. The number of carbonyl (C=O) groups excluding carboxylic acids is 2. The quantitative estimate of drug-likeness (QED) is 0.665. The summed E-state index contributed by atoms with van der Waals surface area (Å²) >= 11 is 0. The van der Waals surface area contributed by atoms with Gasteiger partial charge < -0.3 is 15.5 Å². The van der Waals surface area contributed by atoms with E-state index in [2.05, 4.69) is 32.3 Å². The van der Waals surface area contributed by atoms with Crippen molar-refractivity contribution in [2.24, 2.45) is 0 Å². The fourth-order valence-electron chi connectivity index (χ4n) is 4.03. The summed E-state index contributed by atoms with van der Waals surface area (Å²) in [6, 6.07) is 10.3. The summed E-state index contributed by atoms with van der Waals surface area (Å²) in [5.41, 5.74) is 1.11. The monoisotopic (exact) mass is 401 g/mol. The van der Waals surface area contributed by atoms with Crippen LogP contribution < -0.4 is 10.6 Å².